The lowest BCUT2D eigenvalue weighted by Crippen LogP contribution is -2.10. The Morgan fingerprint density at radius 1 is 1.30 bits per heavy atom. The molecule has 0 bridgehead atoms. The fourth-order valence-corrected chi connectivity index (χ4v) is 0.819. The Labute approximate surface area is 71.4 Å². The summed E-state index contributed by atoms with van der Waals surface area (Å²) in [5.74, 6) is 0. The van der Waals surface area contributed by atoms with Crippen LogP contribution in [0.15, 0.2) is 0 Å². The Morgan fingerprint density at radius 2 is 2.00 bits per heavy atom. The number of rotatable bonds is 6. The van der Waals surface area contributed by atoms with Crippen LogP contribution in [0.2, 0.25) is 0 Å². The van der Waals surface area contributed by atoms with Crippen molar-refractivity contribution < 1.29 is 9.47 Å². The van der Waals surface area contributed by atoms with Crippen LogP contribution < -0.4 is 0 Å². The zero-order valence-electron chi connectivity index (χ0n) is 5.98. The first kappa shape index (κ1) is 10.5. The average Bonchev–Trinajstić information content (AvgIpc) is 1.89. The zero-order chi connectivity index (χ0) is 7.82. The molecule has 0 fully saturated rings. The van der Waals surface area contributed by atoms with Crippen molar-refractivity contribution in [3.05, 3.63) is 0 Å². The van der Waals surface area contributed by atoms with Crippen molar-refractivity contribution in [3.8, 4) is 0 Å². The lowest BCUT2D eigenvalue weighted by Gasteiger charge is -2.09. The summed E-state index contributed by atoms with van der Waals surface area (Å²) in [5.41, 5.74) is 0. The smallest absolute Gasteiger partial charge is 0.121 e. The SMILES string of the molecule is CC(CCOCCl)OCCl. The van der Waals surface area contributed by atoms with Gasteiger partial charge in [0.25, 0.3) is 0 Å². The molecule has 2 nitrogen and oxygen atoms in total. The molecular weight excluding hydrogens is 175 g/mol. The van der Waals surface area contributed by atoms with Gasteiger partial charge in [-0.2, -0.15) is 0 Å². The fourth-order valence-electron chi connectivity index (χ4n) is 0.495. The van der Waals surface area contributed by atoms with Crippen molar-refractivity contribution in [3.63, 3.8) is 0 Å². The fraction of sp³-hybridized carbons (Fsp3) is 1.00. The van der Waals surface area contributed by atoms with Crippen LogP contribution >= 0.6 is 23.2 Å². The van der Waals surface area contributed by atoms with Crippen LogP contribution in [-0.2, 0) is 9.47 Å². The minimum Gasteiger partial charge on any atom is -0.366 e. The highest BCUT2D eigenvalue weighted by Crippen LogP contribution is 1.98. The van der Waals surface area contributed by atoms with Gasteiger partial charge in [0, 0.05) is 0 Å². The summed E-state index contributed by atoms with van der Waals surface area (Å²) < 4.78 is 9.92. The topological polar surface area (TPSA) is 18.5 Å². The molecule has 0 amide bonds. The Morgan fingerprint density at radius 3 is 2.50 bits per heavy atom. The molecule has 0 aromatic heterocycles. The molecule has 0 aliphatic rings. The molecule has 0 aromatic rings. The second kappa shape index (κ2) is 7.61. The lowest BCUT2D eigenvalue weighted by molar-refractivity contribution is 0.0640. The highest BCUT2D eigenvalue weighted by Gasteiger charge is 1.99. The molecule has 0 saturated carbocycles. The van der Waals surface area contributed by atoms with Crippen molar-refractivity contribution in [2.24, 2.45) is 0 Å². The van der Waals surface area contributed by atoms with E-state index in [1.165, 1.54) is 0 Å². The normalized spacial score (nSPS) is 13.5. The monoisotopic (exact) mass is 186 g/mol. The van der Waals surface area contributed by atoms with Crippen molar-refractivity contribution in [1.82, 2.24) is 0 Å². The molecule has 1 atom stereocenters. The molecule has 10 heavy (non-hydrogen) atoms. The Balaban J connectivity index is 2.97. The number of halogens is 2. The van der Waals surface area contributed by atoms with Crippen molar-refractivity contribution in [2.45, 2.75) is 19.4 Å². The predicted molar refractivity (Wildman–Crippen MR) is 42.6 cm³/mol. The molecule has 0 N–H and O–H groups in total. The van der Waals surface area contributed by atoms with E-state index in [-0.39, 0.29) is 18.2 Å². The standard InChI is InChI=1S/C6H12Cl2O2/c1-6(10-5-8)2-3-9-4-7/h6H,2-5H2,1H3. The van der Waals surface area contributed by atoms with Crippen LogP contribution in [0.4, 0.5) is 0 Å². The van der Waals surface area contributed by atoms with E-state index in [9.17, 15) is 0 Å². The first-order chi connectivity index (χ1) is 4.81. The van der Waals surface area contributed by atoms with Crippen LogP contribution in [-0.4, -0.2) is 24.8 Å². The number of hydrogen-bond acceptors (Lipinski definition) is 2. The molecule has 0 radical (unpaired) electrons. The number of ether oxygens (including phenoxy) is 2. The minimum absolute atomic E-state index is 0.153. The van der Waals surface area contributed by atoms with E-state index in [0.29, 0.717) is 6.61 Å². The second-order valence-corrected chi connectivity index (χ2v) is 2.33. The molecule has 0 heterocycles. The van der Waals surface area contributed by atoms with Crippen LogP contribution in [0.25, 0.3) is 0 Å². The molecule has 0 aromatic carbocycles. The van der Waals surface area contributed by atoms with Gasteiger partial charge >= 0.3 is 0 Å². The van der Waals surface area contributed by atoms with Gasteiger partial charge in [-0.1, -0.05) is 23.2 Å². The van der Waals surface area contributed by atoms with Crippen molar-refractivity contribution in [2.75, 3.05) is 18.7 Å². The van der Waals surface area contributed by atoms with Crippen LogP contribution in [0.5, 0.6) is 0 Å². The summed E-state index contributed by atoms with van der Waals surface area (Å²) in [7, 11) is 0. The third-order valence-corrected chi connectivity index (χ3v) is 1.37. The van der Waals surface area contributed by atoms with Crippen LogP contribution in [0, 0.1) is 0 Å². The van der Waals surface area contributed by atoms with Crippen LogP contribution in [0.1, 0.15) is 13.3 Å². The quantitative estimate of drug-likeness (QED) is 0.468. The lowest BCUT2D eigenvalue weighted by atomic mass is 10.3. The Hall–Kier alpha value is 0.500. The van der Waals surface area contributed by atoms with E-state index in [1.807, 2.05) is 6.92 Å². The summed E-state index contributed by atoms with van der Waals surface area (Å²) in [6, 6.07) is 0.482. The van der Waals surface area contributed by atoms with Gasteiger partial charge in [-0.3, -0.25) is 0 Å². The van der Waals surface area contributed by atoms with Crippen molar-refractivity contribution >= 4 is 23.2 Å². The van der Waals surface area contributed by atoms with Gasteiger partial charge in [0.15, 0.2) is 0 Å². The maximum absolute atomic E-state index is 5.32. The van der Waals surface area contributed by atoms with Gasteiger partial charge < -0.3 is 9.47 Å². The molecule has 0 saturated heterocycles. The van der Waals surface area contributed by atoms with E-state index in [0.717, 1.165) is 6.42 Å². The molecule has 1 unspecified atom stereocenters. The van der Waals surface area contributed by atoms with E-state index >= 15 is 0 Å². The molecule has 0 rings (SSSR count). The van der Waals surface area contributed by atoms with E-state index < -0.39 is 0 Å². The maximum atomic E-state index is 5.32. The summed E-state index contributed by atoms with van der Waals surface area (Å²) in [5, 5.41) is 0. The molecule has 62 valence electrons. The van der Waals surface area contributed by atoms with E-state index in [4.69, 9.17) is 32.7 Å². The largest absolute Gasteiger partial charge is 0.366 e. The Kier molecular flexibility index (Phi) is 7.99. The molecule has 0 aliphatic heterocycles. The third-order valence-electron chi connectivity index (χ3n) is 1.09. The van der Waals surface area contributed by atoms with Crippen molar-refractivity contribution in [1.29, 1.82) is 0 Å². The average molecular weight is 187 g/mol. The Bertz CT molecular complexity index is 70.8. The molecule has 0 spiro atoms. The maximum Gasteiger partial charge on any atom is 0.121 e. The van der Waals surface area contributed by atoms with Gasteiger partial charge in [-0.25, -0.2) is 0 Å². The molecule has 4 heteroatoms. The van der Waals surface area contributed by atoms with Crippen LogP contribution in [0.3, 0.4) is 0 Å². The molecule has 0 aliphatic carbocycles. The van der Waals surface area contributed by atoms with Gasteiger partial charge in [0.1, 0.15) is 12.1 Å². The number of hydrogen-bond donors (Lipinski definition) is 0. The summed E-state index contributed by atoms with van der Waals surface area (Å²) >= 11 is 10.6. The second-order valence-electron chi connectivity index (χ2n) is 1.89. The summed E-state index contributed by atoms with van der Waals surface area (Å²) in [4.78, 5) is 0. The third kappa shape index (κ3) is 6.62. The highest BCUT2D eigenvalue weighted by atomic mass is 35.5. The highest BCUT2D eigenvalue weighted by molar-refractivity contribution is 6.17. The van der Waals surface area contributed by atoms with Gasteiger partial charge in [-0.05, 0) is 13.3 Å². The zero-order valence-corrected chi connectivity index (χ0v) is 7.49. The van der Waals surface area contributed by atoms with Gasteiger partial charge in [0.2, 0.25) is 0 Å². The summed E-state index contributed by atoms with van der Waals surface area (Å²) in [6.07, 6.45) is 0.986. The first-order valence-corrected chi connectivity index (χ1v) is 4.19. The summed E-state index contributed by atoms with van der Waals surface area (Å²) in [6.45, 7) is 2.57. The minimum atomic E-state index is 0.153. The van der Waals surface area contributed by atoms with E-state index in [2.05, 4.69) is 0 Å². The molecular formula is C6H12Cl2O2. The van der Waals surface area contributed by atoms with Gasteiger partial charge in [-0.15, -0.1) is 0 Å². The predicted octanol–water partition coefficient (Wildman–Crippen LogP) is 2.19. The first-order valence-electron chi connectivity index (χ1n) is 3.12. The number of alkyl halides is 2. The van der Waals surface area contributed by atoms with Gasteiger partial charge in [0.05, 0.1) is 12.7 Å². The van der Waals surface area contributed by atoms with E-state index in [1.54, 1.807) is 0 Å².